The van der Waals surface area contributed by atoms with Gasteiger partial charge in [0.2, 0.25) is 0 Å². The molecule has 0 rings (SSSR count). The van der Waals surface area contributed by atoms with Crippen LogP contribution in [0.4, 0.5) is 0 Å². The molecule has 0 spiro atoms. The Balaban J connectivity index is 0. The summed E-state index contributed by atoms with van der Waals surface area (Å²) in [5, 5.41) is 0. The molecule has 0 aromatic heterocycles. The Morgan fingerprint density at radius 3 is 1.89 bits per heavy atom. The fourth-order valence-electron chi connectivity index (χ4n) is 0.465. The second kappa shape index (κ2) is 10.7. The molecule has 0 heteroatoms. The van der Waals surface area contributed by atoms with Crippen molar-refractivity contribution in [3.05, 3.63) is 12.2 Å². The highest BCUT2D eigenvalue weighted by Crippen LogP contribution is 2.00. The quantitative estimate of drug-likeness (QED) is 0.498. The summed E-state index contributed by atoms with van der Waals surface area (Å²) in [5.74, 6) is 0.769. The summed E-state index contributed by atoms with van der Waals surface area (Å²) in [6, 6.07) is 0. The summed E-state index contributed by atoms with van der Waals surface area (Å²) in [7, 11) is 0. The zero-order chi connectivity index (χ0) is 7.70. The molecule has 56 valence electrons. The van der Waals surface area contributed by atoms with E-state index in [-0.39, 0.29) is 0 Å². The van der Waals surface area contributed by atoms with Crippen LogP contribution in [0, 0.1) is 5.92 Å². The number of hydrogen-bond acceptors (Lipinski definition) is 0. The highest BCUT2D eigenvalue weighted by atomic mass is 13.9. The maximum absolute atomic E-state index is 2.22. The zero-order valence-electron chi connectivity index (χ0n) is 7.44. The standard InChI is InChI=1S/C7H14.C2H6/c1-4-6-7(3)5-2;1-2/h4,6-7H,5H2,1-3H3;1-2H3/b6-4-;. The summed E-state index contributed by atoms with van der Waals surface area (Å²) in [6.07, 6.45) is 5.58. The topological polar surface area (TPSA) is 0 Å². The molecular weight excluding hydrogens is 108 g/mol. The smallest absolute Gasteiger partial charge is 0.0265 e. The first kappa shape index (κ1) is 11.5. The minimum atomic E-state index is 0.769. The maximum Gasteiger partial charge on any atom is -0.0265 e. The van der Waals surface area contributed by atoms with Gasteiger partial charge in [0.05, 0.1) is 0 Å². The van der Waals surface area contributed by atoms with E-state index in [9.17, 15) is 0 Å². The molecule has 0 aromatic rings. The molecule has 0 aromatic carbocycles. The average Bonchev–Trinajstić information content (AvgIpc) is 1.93. The number of hydrogen-bond donors (Lipinski definition) is 0. The molecule has 1 unspecified atom stereocenters. The highest BCUT2D eigenvalue weighted by molar-refractivity contribution is 4.81. The van der Waals surface area contributed by atoms with Crippen LogP contribution in [-0.4, -0.2) is 0 Å². The van der Waals surface area contributed by atoms with E-state index in [0.717, 1.165) is 5.92 Å². The molecule has 0 bridgehead atoms. The monoisotopic (exact) mass is 128 g/mol. The van der Waals surface area contributed by atoms with Gasteiger partial charge in [0.1, 0.15) is 0 Å². The first-order chi connectivity index (χ1) is 4.31. The van der Waals surface area contributed by atoms with Crippen LogP contribution in [0.1, 0.15) is 41.0 Å². The average molecular weight is 128 g/mol. The minimum Gasteiger partial charge on any atom is -0.0914 e. The van der Waals surface area contributed by atoms with Gasteiger partial charge in [-0.25, -0.2) is 0 Å². The normalized spacial score (nSPS) is 12.6. The first-order valence-electron chi connectivity index (χ1n) is 3.94. The summed E-state index contributed by atoms with van der Waals surface area (Å²) in [5.41, 5.74) is 0. The lowest BCUT2D eigenvalue weighted by Crippen LogP contribution is -1.81. The fourth-order valence-corrected chi connectivity index (χ4v) is 0.465. The van der Waals surface area contributed by atoms with Crippen LogP contribution in [0.25, 0.3) is 0 Å². The van der Waals surface area contributed by atoms with Crippen LogP contribution in [0.3, 0.4) is 0 Å². The van der Waals surface area contributed by atoms with Gasteiger partial charge in [0, 0.05) is 0 Å². The molecular formula is C9H20. The molecule has 0 saturated heterocycles. The van der Waals surface area contributed by atoms with Gasteiger partial charge in [-0.15, -0.1) is 0 Å². The van der Waals surface area contributed by atoms with Gasteiger partial charge in [0.15, 0.2) is 0 Å². The Morgan fingerprint density at radius 1 is 1.33 bits per heavy atom. The third kappa shape index (κ3) is 11.4. The van der Waals surface area contributed by atoms with Crippen molar-refractivity contribution in [2.24, 2.45) is 5.92 Å². The number of allylic oxidation sites excluding steroid dienone is 2. The van der Waals surface area contributed by atoms with Gasteiger partial charge in [-0.1, -0.05) is 46.3 Å². The molecule has 0 nitrogen and oxygen atoms in total. The van der Waals surface area contributed by atoms with Crippen LogP contribution in [-0.2, 0) is 0 Å². The lowest BCUT2D eigenvalue weighted by atomic mass is 10.1. The molecule has 0 aliphatic carbocycles. The summed E-state index contributed by atoms with van der Waals surface area (Å²) in [6.45, 7) is 10.5. The molecule has 9 heavy (non-hydrogen) atoms. The third-order valence-electron chi connectivity index (χ3n) is 1.16. The largest absolute Gasteiger partial charge is 0.0914 e. The van der Waals surface area contributed by atoms with Gasteiger partial charge >= 0.3 is 0 Å². The predicted octanol–water partition coefficient (Wildman–Crippen LogP) is 3.63. The SMILES string of the molecule is C/C=C\C(C)CC.CC. The summed E-state index contributed by atoms with van der Waals surface area (Å²) in [4.78, 5) is 0. The van der Waals surface area contributed by atoms with E-state index in [0.29, 0.717) is 0 Å². The van der Waals surface area contributed by atoms with Gasteiger partial charge in [-0.05, 0) is 12.8 Å². The Morgan fingerprint density at radius 2 is 1.78 bits per heavy atom. The Hall–Kier alpha value is -0.260. The van der Waals surface area contributed by atoms with Crippen molar-refractivity contribution in [3.63, 3.8) is 0 Å². The molecule has 1 atom stereocenters. The van der Waals surface area contributed by atoms with Gasteiger partial charge in [0.25, 0.3) is 0 Å². The molecule has 0 radical (unpaired) electrons. The fraction of sp³-hybridized carbons (Fsp3) is 0.778. The Kier molecular flexibility index (Phi) is 13.7. The van der Waals surface area contributed by atoms with Crippen molar-refractivity contribution < 1.29 is 0 Å². The van der Waals surface area contributed by atoms with E-state index in [1.165, 1.54) is 6.42 Å². The van der Waals surface area contributed by atoms with Gasteiger partial charge < -0.3 is 0 Å². The maximum atomic E-state index is 2.22. The lowest BCUT2D eigenvalue weighted by molar-refractivity contribution is 0.697. The van der Waals surface area contributed by atoms with Crippen molar-refractivity contribution in [1.82, 2.24) is 0 Å². The Bertz CT molecular complexity index is 53.1. The van der Waals surface area contributed by atoms with E-state index >= 15 is 0 Å². The number of rotatable bonds is 2. The van der Waals surface area contributed by atoms with E-state index in [1.54, 1.807) is 0 Å². The van der Waals surface area contributed by atoms with Crippen molar-refractivity contribution in [2.75, 3.05) is 0 Å². The molecule has 0 heterocycles. The predicted molar refractivity (Wildman–Crippen MR) is 45.6 cm³/mol. The Labute approximate surface area is 60.0 Å². The summed E-state index contributed by atoms with van der Waals surface area (Å²) < 4.78 is 0. The van der Waals surface area contributed by atoms with Crippen LogP contribution >= 0.6 is 0 Å². The molecule has 0 aliphatic rings. The van der Waals surface area contributed by atoms with Crippen molar-refractivity contribution in [1.29, 1.82) is 0 Å². The van der Waals surface area contributed by atoms with Gasteiger partial charge in [-0.2, -0.15) is 0 Å². The van der Waals surface area contributed by atoms with Gasteiger partial charge in [-0.3, -0.25) is 0 Å². The first-order valence-corrected chi connectivity index (χ1v) is 3.94. The minimum absolute atomic E-state index is 0.769. The van der Waals surface area contributed by atoms with E-state index in [4.69, 9.17) is 0 Å². The molecule has 0 saturated carbocycles. The van der Waals surface area contributed by atoms with Crippen LogP contribution in [0.5, 0.6) is 0 Å². The second-order valence-electron chi connectivity index (χ2n) is 1.91. The van der Waals surface area contributed by atoms with Crippen LogP contribution < -0.4 is 0 Å². The summed E-state index contributed by atoms with van der Waals surface area (Å²) >= 11 is 0. The van der Waals surface area contributed by atoms with E-state index in [1.807, 2.05) is 13.8 Å². The van der Waals surface area contributed by atoms with Crippen LogP contribution in [0.2, 0.25) is 0 Å². The molecule has 0 amide bonds. The molecule has 0 fully saturated rings. The second-order valence-corrected chi connectivity index (χ2v) is 1.91. The van der Waals surface area contributed by atoms with E-state index in [2.05, 4.69) is 32.9 Å². The van der Waals surface area contributed by atoms with E-state index < -0.39 is 0 Å². The van der Waals surface area contributed by atoms with Crippen molar-refractivity contribution in [3.8, 4) is 0 Å². The highest BCUT2D eigenvalue weighted by Gasteiger charge is 1.85. The van der Waals surface area contributed by atoms with Crippen molar-refractivity contribution in [2.45, 2.75) is 41.0 Å². The van der Waals surface area contributed by atoms with Crippen molar-refractivity contribution >= 4 is 0 Å². The molecule has 0 N–H and O–H groups in total. The third-order valence-corrected chi connectivity index (χ3v) is 1.16. The lowest BCUT2D eigenvalue weighted by Gasteiger charge is -1.95. The zero-order valence-corrected chi connectivity index (χ0v) is 7.44. The van der Waals surface area contributed by atoms with Crippen LogP contribution in [0.15, 0.2) is 12.2 Å². The molecule has 0 aliphatic heterocycles.